The van der Waals surface area contributed by atoms with Crippen LogP contribution < -0.4 is 0 Å². The number of hydrogen-bond donors (Lipinski definition) is 0. The monoisotopic (exact) mass is 281 g/mol. The summed E-state index contributed by atoms with van der Waals surface area (Å²) < 4.78 is 0. The van der Waals surface area contributed by atoms with E-state index >= 15 is 0 Å². The second-order valence-corrected chi connectivity index (χ2v) is 4.09. The van der Waals surface area contributed by atoms with Gasteiger partial charge in [0.25, 0.3) is 5.69 Å². The van der Waals surface area contributed by atoms with Crippen molar-refractivity contribution >= 4 is 11.9 Å². The van der Waals surface area contributed by atoms with Gasteiger partial charge in [-0.2, -0.15) is 5.26 Å². The molecule has 6 nitrogen and oxygen atoms in total. The van der Waals surface area contributed by atoms with Crippen LogP contribution in [0.25, 0.3) is 0 Å². The molecule has 0 fully saturated rings. The minimum Gasteiger partial charge on any atom is -0.391 e. The number of hydrogen-bond acceptors (Lipinski definition) is 5. The van der Waals surface area contributed by atoms with E-state index < -0.39 is 4.92 Å². The van der Waals surface area contributed by atoms with Crippen LogP contribution in [-0.4, -0.2) is 11.1 Å². The van der Waals surface area contributed by atoms with Gasteiger partial charge in [0.15, 0.2) is 0 Å². The van der Waals surface area contributed by atoms with E-state index in [4.69, 9.17) is 10.1 Å². The molecule has 0 atom stereocenters. The second kappa shape index (κ2) is 6.82. The van der Waals surface area contributed by atoms with Gasteiger partial charge in [0, 0.05) is 11.6 Å². The molecule has 0 heterocycles. The summed E-state index contributed by atoms with van der Waals surface area (Å²) in [5, 5.41) is 23.5. The van der Waals surface area contributed by atoms with E-state index in [1.54, 1.807) is 42.5 Å². The van der Waals surface area contributed by atoms with Gasteiger partial charge in [-0.15, -0.1) is 0 Å². The van der Waals surface area contributed by atoms with Crippen LogP contribution in [0.1, 0.15) is 16.7 Å². The van der Waals surface area contributed by atoms with E-state index in [2.05, 4.69) is 11.2 Å². The predicted octanol–water partition coefficient (Wildman–Crippen LogP) is 3.02. The Morgan fingerprint density at radius 2 is 1.95 bits per heavy atom. The molecule has 2 aromatic rings. The van der Waals surface area contributed by atoms with Gasteiger partial charge in [0.1, 0.15) is 6.61 Å². The Balaban J connectivity index is 2.04. The summed E-state index contributed by atoms with van der Waals surface area (Å²) in [4.78, 5) is 15.4. The Kier molecular flexibility index (Phi) is 4.62. The van der Waals surface area contributed by atoms with Crippen LogP contribution in [0, 0.1) is 21.4 Å². The summed E-state index contributed by atoms with van der Waals surface area (Å²) in [5.41, 5.74) is 1.54. The van der Waals surface area contributed by atoms with Crippen molar-refractivity contribution in [2.75, 3.05) is 0 Å². The van der Waals surface area contributed by atoms with Crippen molar-refractivity contribution in [1.29, 1.82) is 5.26 Å². The lowest BCUT2D eigenvalue weighted by Gasteiger charge is -2.01. The van der Waals surface area contributed by atoms with E-state index in [1.807, 2.05) is 0 Å². The van der Waals surface area contributed by atoms with Gasteiger partial charge >= 0.3 is 0 Å². The van der Waals surface area contributed by atoms with Gasteiger partial charge in [-0.3, -0.25) is 10.1 Å². The minimum absolute atomic E-state index is 0.0396. The van der Waals surface area contributed by atoms with E-state index in [9.17, 15) is 10.1 Å². The smallest absolute Gasteiger partial charge is 0.278 e. The predicted molar refractivity (Wildman–Crippen MR) is 76.6 cm³/mol. The van der Waals surface area contributed by atoms with Crippen LogP contribution in [0.2, 0.25) is 0 Å². The Labute approximate surface area is 121 Å². The van der Waals surface area contributed by atoms with Crippen LogP contribution in [0.3, 0.4) is 0 Å². The molecule has 2 rings (SSSR count). The zero-order valence-electron chi connectivity index (χ0n) is 11.0. The van der Waals surface area contributed by atoms with Crippen molar-refractivity contribution in [3.8, 4) is 6.07 Å². The zero-order chi connectivity index (χ0) is 15.1. The highest BCUT2D eigenvalue weighted by atomic mass is 16.6. The van der Waals surface area contributed by atoms with Crippen LogP contribution in [-0.2, 0) is 11.4 Å². The largest absolute Gasteiger partial charge is 0.391 e. The van der Waals surface area contributed by atoms with Crippen molar-refractivity contribution in [3.63, 3.8) is 0 Å². The quantitative estimate of drug-likeness (QED) is 0.478. The average molecular weight is 281 g/mol. The first-order valence-electron chi connectivity index (χ1n) is 6.09. The molecule has 0 spiro atoms. The number of rotatable bonds is 5. The number of benzene rings is 2. The van der Waals surface area contributed by atoms with Gasteiger partial charge in [0.05, 0.1) is 28.3 Å². The van der Waals surface area contributed by atoms with Crippen LogP contribution in [0.5, 0.6) is 0 Å². The molecular weight excluding hydrogens is 270 g/mol. The van der Waals surface area contributed by atoms with Crippen molar-refractivity contribution in [2.45, 2.75) is 6.61 Å². The fourth-order valence-corrected chi connectivity index (χ4v) is 1.72. The summed E-state index contributed by atoms with van der Waals surface area (Å²) in [7, 11) is 0. The molecule has 0 aliphatic rings. The van der Waals surface area contributed by atoms with Gasteiger partial charge in [0.2, 0.25) is 0 Å². The average Bonchev–Trinajstić information content (AvgIpc) is 2.52. The molecule has 2 aromatic carbocycles. The third-order valence-corrected chi connectivity index (χ3v) is 2.76. The highest BCUT2D eigenvalue weighted by Crippen LogP contribution is 2.15. The maximum atomic E-state index is 10.8. The molecule has 0 amide bonds. The molecule has 0 aliphatic carbocycles. The Morgan fingerprint density at radius 3 is 2.71 bits per heavy atom. The van der Waals surface area contributed by atoms with Crippen LogP contribution >= 0.6 is 0 Å². The molecule has 0 saturated carbocycles. The minimum atomic E-state index is -0.480. The molecule has 0 radical (unpaired) electrons. The van der Waals surface area contributed by atoms with Gasteiger partial charge < -0.3 is 4.84 Å². The van der Waals surface area contributed by atoms with E-state index in [0.29, 0.717) is 16.7 Å². The van der Waals surface area contributed by atoms with E-state index in [1.165, 1.54) is 12.3 Å². The molecule has 104 valence electrons. The fourth-order valence-electron chi connectivity index (χ4n) is 1.72. The molecule has 0 aromatic heterocycles. The van der Waals surface area contributed by atoms with Crippen molar-refractivity contribution in [3.05, 3.63) is 75.3 Å². The summed E-state index contributed by atoms with van der Waals surface area (Å²) >= 11 is 0. The SMILES string of the molecule is N#Cc1ccccc1CO/N=C/c1ccccc1[N+](=O)[O-]. The molecule has 0 N–H and O–H groups in total. The van der Waals surface area contributed by atoms with Gasteiger partial charge in [-0.05, 0) is 12.1 Å². The molecule has 0 aliphatic heterocycles. The highest BCUT2D eigenvalue weighted by Gasteiger charge is 2.10. The lowest BCUT2D eigenvalue weighted by Crippen LogP contribution is -1.95. The number of nitro groups is 1. The van der Waals surface area contributed by atoms with Gasteiger partial charge in [-0.25, -0.2) is 0 Å². The molecule has 6 heteroatoms. The topological polar surface area (TPSA) is 88.5 Å². The number of nitro benzene ring substituents is 1. The number of oxime groups is 1. The third-order valence-electron chi connectivity index (χ3n) is 2.76. The fraction of sp³-hybridized carbons (Fsp3) is 0.0667. The maximum Gasteiger partial charge on any atom is 0.278 e. The first kappa shape index (κ1) is 14.2. The van der Waals surface area contributed by atoms with E-state index in [-0.39, 0.29) is 12.3 Å². The standard InChI is InChI=1S/C15H11N3O3/c16-9-12-5-1-2-7-14(12)11-21-17-10-13-6-3-4-8-15(13)18(19)20/h1-8,10H,11H2/b17-10+. The number of nitrogens with zero attached hydrogens (tertiary/aromatic N) is 3. The highest BCUT2D eigenvalue weighted by molar-refractivity contribution is 5.84. The molecule has 21 heavy (non-hydrogen) atoms. The van der Waals surface area contributed by atoms with Crippen LogP contribution in [0.15, 0.2) is 53.7 Å². The van der Waals surface area contributed by atoms with Crippen molar-refractivity contribution in [2.24, 2.45) is 5.16 Å². The summed E-state index contributed by atoms with van der Waals surface area (Å²) in [6.07, 6.45) is 1.28. The molecule has 0 saturated heterocycles. The first-order valence-corrected chi connectivity index (χ1v) is 6.09. The van der Waals surface area contributed by atoms with Crippen molar-refractivity contribution < 1.29 is 9.76 Å². The second-order valence-electron chi connectivity index (χ2n) is 4.09. The van der Waals surface area contributed by atoms with Gasteiger partial charge in [-0.1, -0.05) is 35.5 Å². The Bertz CT molecular complexity index is 720. The summed E-state index contributed by atoms with van der Waals surface area (Å²) in [6.45, 7) is 0.126. The maximum absolute atomic E-state index is 10.8. The van der Waals surface area contributed by atoms with Crippen molar-refractivity contribution in [1.82, 2.24) is 0 Å². The third kappa shape index (κ3) is 3.64. The van der Waals surface area contributed by atoms with Crippen LogP contribution in [0.4, 0.5) is 5.69 Å². The first-order chi connectivity index (χ1) is 10.2. The molecule has 0 bridgehead atoms. The Hall–Kier alpha value is -3.20. The zero-order valence-corrected chi connectivity index (χ0v) is 11.0. The normalized spacial score (nSPS) is 10.2. The lowest BCUT2D eigenvalue weighted by atomic mass is 10.1. The molecule has 0 unspecified atom stereocenters. The molecular formula is C15H11N3O3. The summed E-state index contributed by atoms with van der Waals surface area (Å²) in [6, 6.07) is 15.3. The lowest BCUT2D eigenvalue weighted by molar-refractivity contribution is -0.385. The Morgan fingerprint density at radius 1 is 1.24 bits per heavy atom. The number of nitriles is 1. The summed E-state index contributed by atoms with van der Waals surface area (Å²) in [5.74, 6) is 0. The van der Waals surface area contributed by atoms with E-state index in [0.717, 1.165) is 0 Å². The number of para-hydroxylation sites is 1.